The molecule has 1 N–H and O–H groups in total. The average Bonchev–Trinajstić information content (AvgIpc) is 2.38. The van der Waals surface area contributed by atoms with Crippen LogP contribution in [0.15, 0.2) is 0 Å². The maximum Gasteiger partial charge on any atom is 0.0291 e. The molecule has 2 fully saturated rings. The van der Waals surface area contributed by atoms with Crippen molar-refractivity contribution in [3.63, 3.8) is 0 Å². The van der Waals surface area contributed by atoms with Crippen LogP contribution in [0.5, 0.6) is 0 Å². The van der Waals surface area contributed by atoms with E-state index in [0.717, 1.165) is 17.2 Å². The van der Waals surface area contributed by atoms with E-state index in [1.807, 2.05) is 0 Å². The molecule has 0 aromatic rings. The first-order valence-corrected chi connectivity index (χ1v) is 8.97. The van der Waals surface area contributed by atoms with Crippen LogP contribution in [0.3, 0.4) is 0 Å². The third-order valence-corrected chi connectivity index (χ3v) is 6.89. The summed E-state index contributed by atoms with van der Waals surface area (Å²) in [5, 5.41) is 4.45. The molecule has 2 atom stereocenters. The van der Waals surface area contributed by atoms with Gasteiger partial charge in [-0.15, -0.1) is 0 Å². The lowest BCUT2D eigenvalue weighted by Gasteiger charge is -2.33. The molecule has 1 aliphatic carbocycles. The van der Waals surface area contributed by atoms with Crippen molar-refractivity contribution in [3.8, 4) is 0 Å². The quantitative estimate of drug-likeness (QED) is 0.831. The molecule has 0 aromatic carbocycles. The van der Waals surface area contributed by atoms with Gasteiger partial charge in [0.25, 0.3) is 0 Å². The molecular formula is C13H25NS2. The topological polar surface area (TPSA) is 12.0 Å². The van der Waals surface area contributed by atoms with E-state index in [4.69, 9.17) is 0 Å². The summed E-state index contributed by atoms with van der Waals surface area (Å²) in [6.45, 7) is 0. The van der Waals surface area contributed by atoms with Crippen LogP contribution in [-0.2, 0) is 0 Å². The predicted octanol–water partition coefficient (Wildman–Crippen LogP) is 3.39. The zero-order valence-corrected chi connectivity index (χ0v) is 12.0. The highest BCUT2D eigenvalue weighted by Crippen LogP contribution is 2.32. The highest BCUT2D eigenvalue weighted by Gasteiger charge is 2.26. The SMILES string of the molecule is CNC(CC1CCCCC1)C1CSCCS1. The Kier molecular flexibility index (Phi) is 5.87. The van der Waals surface area contributed by atoms with Crippen LogP contribution in [0.1, 0.15) is 38.5 Å². The molecule has 94 valence electrons. The first kappa shape index (κ1) is 13.1. The lowest BCUT2D eigenvalue weighted by Crippen LogP contribution is -2.40. The van der Waals surface area contributed by atoms with Gasteiger partial charge in [-0.1, -0.05) is 32.1 Å². The van der Waals surface area contributed by atoms with E-state index in [2.05, 4.69) is 35.9 Å². The smallest absolute Gasteiger partial charge is 0.0291 e. The number of rotatable bonds is 4. The van der Waals surface area contributed by atoms with Crippen molar-refractivity contribution < 1.29 is 0 Å². The van der Waals surface area contributed by atoms with E-state index >= 15 is 0 Å². The summed E-state index contributed by atoms with van der Waals surface area (Å²) in [7, 11) is 2.16. The second-order valence-electron chi connectivity index (χ2n) is 5.12. The Labute approximate surface area is 109 Å². The summed E-state index contributed by atoms with van der Waals surface area (Å²) in [6.07, 6.45) is 8.84. The molecule has 0 amide bonds. The predicted molar refractivity (Wildman–Crippen MR) is 77.6 cm³/mol. The van der Waals surface area contributed by atoms with Crippen molar-refractivity contribution in [1.29, 1.82) is 0 Å². The third kappa shape index (κ3) is 3.85. The monoisotopic (exact) mass is 259 g/mol. The third-order valence-electron chi connectivity index (χ3n) is 3.97. The number of nitrogens with one attached hydrogen (secondary N) is 1. The van der Waals surface area contributed by atoms with Crippen LogP contribution in [0.25, 0.3) is 0 Å². The number of thioether (sulfide) groups is 2. The van der Waals surface area contributed by atoms with Gasteiger partial charge in [-0.25, -0.2) is 0 Å². The average molecular weight is 259 g/mol. The molecule has 0 radical (unpaired) electrons. The van der Waals surface area contributed by atoms with Gasteiger partial charge in [0.1, 0.15) is 0 Å². The Bertz CT molecular complexity index is 186. The Balaban J connectivity index is 1.78. The fourth-order valence-electron chi connectivity index (χ4n) is 2.98. The minimum atomic E-state index is 0.765. The van der Waals surface area contributed by atoms with Gasteiger partial charge in [-0.2, -0.15) is 23.5 Å². The summed E-state index contributed by atoms with van der Waals surface area (Å²) in [5.74, 6) is 5.10. The standard InChI is InChI=1S/C13H25NS2/c1-14-12(13-10-15-7-8-16-13)9-11-5-3-2-4-6-11/h11-14H,2-10H2,1H3. The molecular weight excluding hydrogens is 234 g/mol. The number of hydrogen-bond donors (Lipinski definition) is 1. The van der Waals surface area contributed by atoms with E-state index in [9.17, 15) is 0 Å². The van der Waals surface area contributed by atoms with Crippen LogP contribution >= 0.6 is 23.5 Å². The van der Waals surface area contributed by atoms with Gasteiger partial charge in [0.2, 0.25) is 0 Å². The van der Waals surface area contributed by atoms with Gasteiger partial charge in [0.05, 0.1) is 0 Å². The van der Waals surface area contributed by atoms with Crippen molar-refractivity contribution in [2.45, 2.75) is 49.8 Å². The molecule has 3 heteroatoms. The zero-order valence-electron chi connectivity index (χ0n) is 10.4. The molecule has 1 saturated carbocycles. The molecule has 1 aliphatic heterocycles. The molecule has 1 nitrogen and oxygen atoms in total. The number of hydrogen-bond acceptors (Lipinski definition) is 3. The molecule has 1 heterocycles. The van der Waals surface area contributed by atoms with Gasteiger partial charge in [-0.3, -0.25) is 0 Å². The van der Waals surface area contributed by atoms with Gasteiger partial charge >= 0.3 is 0 Å². The van der Waals surface area contributed by atoms with Gasteiger partial charge < -0.3 is 5.32 Å². The van der Waals surface area contributed by atoms with E-state index in [0.29, 0.717) is 0 Å². The lowest BCUT2D eigenvalue weighted by atomic mass is 9.84. The second kappa shape index (κ2) is 7.17. The van der Waals surface area contributed by atoms with Gasteiger partial charge in [0.15, 0.2) is 0 Å². The molecule has 0 bridgehead atoms. The molecule has 16 heavy (non-hydrogen) atoms. The Morgan fingerprint density at radius 2 is 2.00 bits per heavy atom. The van der Waals surface area contributed by atoms with E-state index in [1.54, 1.807) is 0 Å². The molecule has 2 aliphatic rings. The zero-order chi connectivity index (χ0) is 11.2. The fraction of sp³-hybridized carbons (Fsp3) is 1.00. The second-order valence-corrected chi connectivity index (χ2v) is 7.62. The molecule has 2 unspecified atom stereocenters. The van der Waals surface area contributed by atoms with Gasteiger partial charge in [-0.05, 0) is 19.4 Å². The van der Waals surface area contributed by atoms with Crippen LogP contribution in [0, 0.1) is 5.92 Å². The van der Waals surface area contributed by atoms with Crippen LogP contribution in [-0.4, -0.2) is 35.6 Å². The largest absolute Gasteiger partial charge is 0.316 e. The van der Waals surface area contributed by atoms with Crippen molar-refractivity contribution in [2.75, 3.05) is 24.3 Å². The van der Waals surface area contributed by atoms with Crippen LogP contribution in [0.2, 0.25) is 0 Å². The first-order valence-electron chi connectivity index (χ1n) is 6.76. The van der Waals surface area contributed by atoms with Crippen molar-refractivity contribution in [2.24, 2.45) is 5.92 Å². The van der Waals surface area contributed by atoms with Crippen molar-refractivity contribution in [1.82, 2.24) is 5.32 Å². The fourth-order valence-corrected chi connectivity index (χ4v) is 5.92. The summed E-state index contributed by atoms with van der Waals surface area (Å²) < 4.78 is 0. The highest BCUT2D eigenvalue weighted by atomic mass is 32.2. The normalized spacial score (nSPS) is 30.2. The maximum atomic E-state index is 3.58. The lowest BCUT2D eigenvalue weighted by molar-refractivity contribution is 0.303. The highest BCUT2D eigenvalue weighted by molar-refractivity contribution is 8.06. The van der Waals surface area contributed by atoms with E-state index in [-0.39, 0.29) is 0 Å². The Hall–Kier alpha value is 0.660. The molecule has 0 spiro atoms. The van der Waals surface area contributed by atoms with Crippen LogP contribution < -0.4 is 5.32 Å². The maximum absolute atomic E-state index is 3.58. The van der Waals surface area contributed by atoms with Crippen molar-refractivity contribution >= 4 is 23.5 Å². The van der Waals surface area contributed by atoms with E-state index in [1.165, 1.54) is 55.8 Å². The Morgan fingerprint density at radius 3 is 2.62 bits per heavy atom. The summed E-state index contributed by atoms with van der Waals surface area (Å²) in [5.41, 5.74) is 0. The summed E-state index contributed by atoms with van der Waals surface area (Å²) >= 11 is 4.35. The molecule has 0 aromatic heterocycles. The van der Waals surface area contributed by atoms with Gasteiger partial charge in [0, 0.05) is 28.6 Å². The molecule has 1 saturated heterocycles. The Morgan fingerprint density at radius 1 is 1.19 bits per heavy atom. The molecule has 2 rings (SSSR count). The summed E-state index contributed by atoms with van der Waals surface area (Å²) in [6, 6.07) is 0.765. The summed E-state index contributed by atoms with van der Waals surface area (Å²) in [4.78, 5) is 0. The minimum absolute atomic E-state index is 0.765. The van der Waals surface area contributed by atoms with E-state index < -0.39 is 0 Å². The minimum Gasteiger partial charge on any atom is -0.316 e. The van der Waals surface area contributed by atoms with Crippen molar-refractivity contribution in [3.05, 3.63) is 0 Å². The first-order chi connectivity index (χ1) is 7.90. The van der Waals surface area contributed by atoms with Crippen LogP contribution in [0.4, 0.5) is 0 Å².